The van der Waals surface area contributed by atoms with Gasteiger partial charge in [0.05, 0.1) is 6.61 Å². The molecule has 134 valence electrons. The van der Waals surface area contributed by atoms with Crippen LogP contribution < -0.4 is 15.7 Å². The quantitative estimate of drug-likeness (QED) is 0.781. The summed E-state index contributed by atoms with van der Waals surface area (Å²) in [6, 6.07) is 6.84. The predicted molar refractivity (Wildman–Crippen MR) is 94.1 cm³/mol. The van der Waals surface area contributed by atoms with Gasteiger partial charge < -0.3 is 19.2 Å². The molecule has 25 heavy (non-hydrogen) atoms. The van der Waals surface area contributed by atoms with Crippen LogP contribution in [0.1, 0.15) is 36.5 Å². The number of carbonyl (C=O) groups excluding carboxylic acids is 1. The van der Waals surface area contributed by atoms with E-state index in [0.717, 1.165) is 32.5 Å². The minimum absolute atomic E-state index is 0.0254. The van der Waals surface area contributed by atoms with E-state index >= 15 is 0 Å². The molecule has 6 heteroatoms. The Morgan fingerprint density at radius 3 is 3.00 bits per heavy atom. The lowest BCUT2D eigenvalue weighted by Crippen LogP contribution is -2.30. The fourth-order valence-electron chi connectivity index (χ4n) is 2.86. The Hall–Kier alpha value is -2.34. The highest BCUT2D eigenvalue weighted by Gasteiger charge is 2.17. The van der Waals surface area contributed by atoms with Crippen molar-refractivity contribution in [3.63, 3.8) is 0 Å². The number of carbonyl (C=O) groups is 1. The SMILES string of the molecule is CCCOc1ccc2cc(C(=O)NCCC3CCOC3)c(=O)oc2c1. The van der Waals surface area contributed by atoms with E-state index in [9.17, 15) is 9.59 Å². The molecule has 0 radical (unpaired) electrons. The van der Waals surface area contributed by atoms with Crippen LogP contribution in [0.25, 0.3) is 11.0 Å². The van der Waals surface area contributed by atoms with E-state index in [4.69, 9.17) is 13.9 Å². The number of rotatable bonds is 7. The van der Waals surface area contributed by atoms with Crippen molar-refractivity contribution >= 4 is 16.9 Å². The first-order valence-electron chi connectivity index (χ1n) is 8.74. The molecule has 0 saturated carbocycles. The van der Waals surface area contributed by atoms with Crippen LogP contribution in [0.2, 0.25) is 0 Å². The first kappa shape index (κ1) is 17.5. The third-order valence-electron chi connectivity index (χ3n) is 4.29. The van der Waals surface area contributed by atoms with Crippen LogP contribution in [0.15, 0.2) is 33.5 Å². The number of nitrogens with one attached hydrogen (secondary N) is 1. The van der Waals surface area contributed by atoms with Crippen LogP contribution in [0, 0.1) is 5.92 Å². The normalized spacial score (nSPS) is 16.9. The minimum atomic E-state index is -0.637. The number of fused-ring (bicyclic) bond motifs is 1. The van der Waals surface area contributed by atoms with Crippen molar-refractivity contribution in [2.24, 2.45) is 5.92 Å². The molecule has 1 fully saturated rings. The Balaban J connectivity index is 1.69. The lowest BCUT2D eigenvalue weighted by molar-refractivity contribution is 0.0947. The van der Waals surface area contributed by atoms with E-state index in [1.165, 1.54) is 0 Å². The first-order valence-corrected chi connectivity index (χ1v) is 8.74. The predicted octanol–water partition coefficient (Wildman–Crippen LogP) is 2.74. The molecule has 1 aliphatic heterocycles. The van der Waals surface area contributed by atoms with Crippen molar-refractivity contribution in [2.75, 3.05) is 26.4 Å². The maximum absolute atomic E-state index is 12.3. The zero-order valence-corrected chi connectivity index (χ0v) is 14.4. The number of ether oxygens (including phenoxy) is 2. The lowest BCUT2D eigenvalue weighted by Gasteiger charge is -2.09. The summed E-state index contributed by atoms with van der Waals surface area (Å²) in [6.07, 6.45) is 2.77. The molecule has 2 aromatic rings. The molecular weight excluding hydrogens is 322 g/mol. The molecule has 0 bridgehead atoms. The molecule has 1 amide bonds. The van der Waals surface area contributed by atoms with Crippen molar-refractivity contribution in [3.05, 3.63) is 40.2 Å². The van der Waals surface area contributed by atoms with Gasteiger partial charge in [-0.1, -0.05) is 6.92 Å². The van der Waals surface area contributed by atoms with Crippen molar-refractivity contribution in [1.29, 1.82) is 0 Å². The third-order valence-corrected chi connectivity index (χ3v) is 4.29. The van der Waals surface area contributed by atoms with Crippen molar-refractivity contribution in [3.8, 4) is 5.75 Å². The Bertz CT molecular complexity index is 792. The van der Waals surface area contributed by atoms with Gasteiger partial charge >= 0.3 is 5.63 Å². The van der Waals surface area contributed by atoms with E-state index in [1.807, 2.05) is 6.92 Å². The van der Waals surface area contributed by atoms with Crippen LogP contribution >= 0.6 is 0 Å². The van der Waals surface area contributed by atoms with Crippen molar-refractivity contribution in [1.82, 2.24) is 5.32 Å². The summed E-state index contributed by atoms with van der Waals surface area (Å²) in [5.41, 5.74) is -0.197. The number of hydrogen-bond acceptors (Lipinski definition) is 5. The topological polar surface area (TPSA) is 77.8 Å². The zero-order valence-electron chi connectivity index (χ0n) is 14.4. The molecule has 2 heterocycles. The molecule has 1 aromatic heterocycles. The Labute approximate surface area is 146 Å². The van der Waals surface area contributed by atoms with E-state index in [0.29, 0.717) is 35.8 Å². The van der Waals surface area contributed by atoms with E-state index in [1.54, 1.807) is 24.3 Å². The summed E-state index contributed by atoms with van der Waals surface area (Å²) in [4.78, 5) is 24.4. The van der Waals surface area contributed by atoms with E-state index in [2.05, 4.69) is 5.32 Å². The summed E-state index contributed by atoms with van der Waals surface area (Å²) >= 11 is 0. The first-order chi connectivity index (χ1) is 12.2. The summed E-state index contributed by atoms with van der Waals surface area (Å²) in [6.45, 7) is 4.68. The van der Waals surface area contributed by atoms with Gasteiger partial charge in [-0.05, 0) is 43.4 Å². The standard InChI is InChI=1S/C19H23NO5/c1-2-8-24-15-4-3-14-10-16(19(22)25-17(14)11-15)18(21)20-7-5-13-6-9-23-12-13/h3-4,10-11,13H,2,5-9,12H2,1H3,(H,20,21). The largest absolute Gasteiger partial charge is 0.493 e. The summed E-state index contributed by atoms with van der Waals surface area (Å²) in [5, 5.41) is 3.48. The maximum Gasteiger partial charge on any atom is 0.349 e. The third kappa shape index (κ3) is 4.39. The Morgan fingerprint density at radius 1 is 1.36 bits per heavy atom. The van der Waals surface area contributed by atoms with Crippen LogP contribution in [0.3, 0.4) is 0 Å². The molecule has 1 N–H and O–H groups in total. The minimum Gasteiger partial charge on any atom is -0.493 e. The molecule has 6 nitrogen and oxygen atoms in total. The zero-order chi connectivity index (χ0) is 17.6. The average Bonchev–Trinajstić information content (AvgIpc) is 3.12. The Kier molecular flexibility index (Phi) is 5.71. The molecule has 3 rings (SSSR count). The van der Waals surface area contributed by atoms with Gasteiger partial charge in [0.25, 0.3) is 5.91 Å². The van der Waals surface area contributed by atoms with E-state index in [-0.39, 0.29) is 5.56 Å². The second-order valence-electron chi connectivity index (χ2n) is 6.27. The molecule has 1 aliphatic rings. The fraction of sp³-hybridized carbons (Fsp3) is 0.474. The highest BCUT2D eigenvalue weighted by atomic mass is 16.5. The van der Waals surface area contributed by atoms with Crippen LogP contribution in [0.5, 0.6) is 5.75 Å². The molecular formula is C19H23NO5. The fourth-order valence-corrected chi connectivity index (χ4v) is 2.86. The van der Waals surface area contributed by atoms with Gasteiger partial charge in [0.1, 0.15) is 16.9 Å². The summed E-state index contributed by atoms with van der Waals surface area (Å²) in [7, 11) is 0. The van der Waals surface area contributed by atoms with Gasteiger partial charge in [0, 0.05) is 31.2 Å². The van der Waals surface area contributed by atoms with Crippen LogP contribution in [-0.4, -0.2) is 32.3 Å². The monoisotopic (exact) mass is 345 g/mol. The average molecular weight is 345 g/mol. The summed E-state index contributed by atoms with van der Waals surface area (Å²) < 4.78 is 16.1. The maximum atomic E-state index is 12.3. The molecule has 0 spiro atoms. The number of hydrogen-bond donors (Lipinski definition) is 1. The van der Waals surface area contributed by atoms with Gasteiger partial charge in [-0.25, -0.2) is 4.79 Å². The summed E-state index contributed by atoms with van der Waals surface area (Å²) in [5.74, 6) is 0.726. The highest BCUT2D eigenvalue weighted by molar-refractivity contribution is 5.96. The lowest BCUT2D eigenvalue weighted by atomic mass is 10.1. The molecule has 1 unspecified atom stereocenters. The molecule has 0 aliphatic carbocycles. The molecule has 1 saturated heterocycles. The molecule has 1 atom stereocenters. The molecule has 1 aromatic carbocycles. The number of amides is 1. The van der Waals surface area contributed by atoms with Gasteiger partial charge in [0.15, 0.2) is 0 Å². The Morgan fingerprint density at radius 2 is 2.24 bits per heavy atom. The smallest absolute Gasteiger partial charge is 0.349 e. The second kappa shape index (κ2) is 8.16. The van der Waals surface area contributed by atoms with Gasteiger partial charge in [-0.15, -0.1) is 0 Å². The van der Waals surface area contributed by atoms with Crippen molar-refractivity contribution in [2.45, 2.75) is 26.2 Å². The van der Waals surface area contributed by atoms with Gasteiger partial charge in [-0.3, -0.25) is 4.79 Å². The van der Waals surface area contributed by atoms with Crippen molar-refractivity contribution < 1.29 is 18.7 Å². The number of benzene rings is 1. The van der Waals surface area contributed by atoms with E-state index < -0.39 is 11.5 Å². The second-order valence-corrected chi connectivity index (χ2v) is 6.27. The van der Waals surface area contributed by atoms with Gasteiger partial charge in [-0.2, -0.15) is 0 Å². The highest BCUT2D eigenvalue weighted by Crippen LogP contribution is 2.21. The van der Waals surface area contributed by atoms with Gasteiger partial charge in [0.2, 0.25) is 0 Å². The van der Waals surface area contributed by atoms with Crippen LogP contribution in [0.4, 0.5) is 0 Å². The van der Waals surface area contributed by atoms with Crippen LogP contribution in [-0.2, 0) is 4.74 Å².